The van der Waals surface area contributed by atoms with Crippen molar-refractivity contribution >= 4 is 43.2 Å². The van der Waals surface area contributed by atoms with E-state index in [1.54, 1.807) is 0 Å². The number of rotatable bonds is 0. The van der Waals surface area contributed by atoms with E-state index in [9.17, 15) is 4.79 Å². The SMILES string of the molecule is C[C](C)(C)[Ca]1([C](C)(C)C)[CH2]C(=O)Nc2cccc[c]21. The molecule has 0 bridgehead atoms. The molecule has 0 atom stereocenters. The molecule has 1 aromatic rings. The van der Waals surface area contributed by atoms with Gasteiger partial charge in [-0.15, -0.1) is 0 Å². The van der Waals surface area contributed by atoms with Gasteiger partial charge in [0.2, 0.25) is 0 Å². The Hall–Kier alpha value is -0.0503. The van der Waals surface area contributed by atoms with Crippen LogP contribution in [-0.4, -0.2) is 35.8 Å². The molecule has 19 heavy (non-hydrogen) atoms. The average Bonchev–Trinajstić information content (AvgIpc) is 2.24. The third kappa shape index (κ3) is 2.36. The van der Waals surface area contributed by atoms with Gasteiger partial charge in [0.05, 0.1) is 0 Å². The molecule has 0 saturated heterocycles. The second-order valence-corrected chi connectivity index (χ2v) is 21.5. The fourth-order valence-electron chi connectivity index (χ4n) is 5.34. The standard InChI is InChI=1S/C8H7NO.2C4H9.Ca/c1-7(10)9-8-5-3-2-4-6-8;2*1-4(2)3;/h2-5H,1H2,(H,9,10);2*1-3H3;. The summed E-state index contributed by atoms with van der Waals surface area (Å²) in [7, 11) is 0. The normalized spacial score (nSPS) is 18.7. The van der Waals surface area contributed by atoms with Crippen molar-refractivity contribution in [2.45, 2.75) is 47.1 Å². The molecule has 1 N–H and O–H groups in total. The summed E-state index contributed by atoms with van der Waals surface area (Å²) in [5, 5.41) is 3.07. The van der Waals surface area contributed by atoms with Gasteiger partial charge in [-0.25, -0.2) is 0 Å². The van der Waals surface area contributed by atoms with Crippen molar-refractivity contribution in [3.05, 3.63) is 24.3 Å². The molecule has 0 saturated carbocycles. The molecule has 0 aromatic heterocycles. The molecule has 2 radical (unpaired) electrons. The predicted octanol–water partition coefficient (Wildman–Crippen LogP) is 3.89. The first-order valence-electron chi connectivity index (χ1n) is 7.45. The maximum absolute atomic E-state index is 12.3. The number of amides is 1. The molecule has 1 aliphatic rings. The van der Waals surface area contributed by atoms with Crippen LogP contribution < -0.4 is 6.98 Å². The van der Waals surface area contributed by atoms with Gasteiger partial charge in [-0.05, 0) is 0 Å². The van der Waals surface area contributed by atoms with Crippen molar-refractivity contribution in [2.24, 2.45) is 0 Å². The Labute approximate surface area is 123 Å². The second-order valence-electron chi connectivity index (χ2n) is 8.86. The van der Waals surface area contributed by atoms with Gasteiger partial charge in [0, 0.05) is 0 Å². The summed E-state index contributed by atoms with van der Waals surface area (Å²) in [5.74, 6) is 0.226. The van der Waals surface area contributed by atoms with Crippen LogP contribution in [0.15, 0.2) is 24.3 Å². The van der Waals surface area contributed by atoms with Crippen LogP contribution in [0.2, 0.25) is 5.54 Å². The van der Waals surface area contributed by atoms with E-state index in [1.165, 1.54) is 1.66 Å². The summed E-state index contributed by atoms with van der Waals surface area (Å²) >= 11 is -3.03. The summed E-state index contributed by atoms with van der Waals surface area (Å²) in [6, 6.07) is 8.48. The Morgan fingerprint density at radius 1 is 1.00 bits per heavy atom. The Morgan fingerprint density at radius 2 is 1.53 bits per heavy atom. The third-order valence-electron chi connectivity index (χ3n) is 6.17. The van der Waals surface area contributed by atoms with E-state index in [2.05, 4.69) is 65.1 Å². The van der Waals surface area contributed by atoms with Crippen LogP contribution in [-0.2, 0) is 4.79 Å². The average molecular weight is 287 g/mol. The minimum atomic E-state index is -3.03. The molecule has 1 aromatic carbocycles. The fourth-order valence-corrected chi connectivity index (χ4v) is 20.1. The first kappa shape index (κ1) is 15.3. The van der Waals surface area contributed by atoms with E-state index < -0.39 is 29.9 Å². The van der Waals surface area contributed by atoms with E-state index in [0.717, 1.165) is 8.21 Å². The van der Waals surface area contributed by atoms with E-state index in [0.29, 0.717) is 0 Å². The topological polar surface area (TPSA) is 29.1 Å². The monoisotopic (exact) mass is 287 g/mol. The van der Waals surface area contributed by atoms with Crippen LogP contribution in [0.25, 0.3) is 0 Å². The quantitative estimate of drug-likeness (QED) is 0.721. The first-order valence-corrected chi connectivity index (χ1v) is 12.3. The van der Waals surface area contributed by atoms with Crippen LogP contribution in [0, 0.1) is 0 Å². The molecule has 1 amide bonds. The third-order valence-corrected chi connectivity index (χ3v) is 22.3. The van der Waals surface area contributed by atoms with Crippen LogP contribution in [0.1, 0.15) is 41.5 Å². The van der Waals surface area contributed by atoms with Crippen LogP contribution >= 0.6 is 0 Å². The Bertz CT molecular complexity index is 494. The van der Waals surface area contributed by atoms with Crippen LogP contribution in [0.4, 0.5) is 5.69 Å². The van der Waals surface area contributed by atoms with E-state index in [1.807, 2.05) is 6.07 Å². The number of benzene rings is 1. The molecule has 0 spiro atoms. The van der Waals surface area contributed by atoms with Crippen molar-refractivity contribution in [3.8, 4) is 0 Å². The Morgan fingerprint density at radius 3 is 2.05 bits per heavy atom. The van der Waals surface area contributed by atoms with Gasteiger partial charge in [-0.3, -0.25) is 0 Å². The van der Waals surface area contributed by atoms with Gasteiger partial charge in [-0.1, -0.05) is 0 Å². The van der Waals surface area contributed by atoms with E-state index >= 15 is 0 Å². The molecular weight excluding hydrogens is 262 g/mol. The van der Waals surface area contributed by atoms with Crippen molar-refractivity contribution in [3.63, 3.8) is 0 Å². The molecule has 0 aliphatic carbocycles. The number of carbonyl (C=O) groups excluding carboxylic acids is 1. The number of hydrogen-bond acceptors (Lipinski definition) is 1. The minimum absolute atomic E-state index is 0.226. The number of fused-ring (bicyclic) bond motifs is 1. The van der Waals surface area contributed by atoms with Gasteiger partial charge in [0.15, 0.2) is 0 Å². The number of anilines is 1. The summed E-state index contributed by atoms with van der Waals surface area (Å²) in [6.07, 6.45) is 0. The molecule has 2 nitrogen and oxygen atoms in total. The molecule has 3 heteroatoms. The summed E-state index contributed by atoms with van der Waals surface area (Å²) in [6.45, 7) is 14.0. The zero-order valence-electron chi connectivity index (χ0n) is 13.1. The molecule has 2 rings (SSSR count). The van der Waals surface area contributed by atoms with Crippen LogP contribution in [0.3, 0.4) is 0 Å². The van der Waals surface area contributed by atoms with Gasteiger partial charge < -0.3 is 0 Å². The Balaban J connectivity index is 2.79. The first-order chi connectivity index (χ1) is 8.59. The predicted molar refractivity (Wildman–Crippen MR) is 84.7 cm³/mol. The fraction of sp³-hybridized carbons (Fsp3) is 0.562. The number of hydrogen-bond donors (Lipinski definition) is 1. The van der Waals surface area contributed by atoms with E-state index in [-0.39, 0.29) is 8.93 Å². The van der Waals surface area contributed by atoms with Gasteiger partial charge in [0.1, 0.15) is 0 Å². The molecule has 0 unspecified atom stereocenters. The molecular formula is C16H25CaNO. The van der Waals surface area contributed by atoms with Gasteiger partial charge >= 0.3 is 125 Å². The van der Waals surface area contributed by atoms with Crippen molar-refractivity contribution < 1.29 is 4.79 Å². The molecule has 1 heterocycles. The molecule has 102 valence electrons. The summed E-state index contributed by atoms with van der Waals surface area (Å²) in [4.78, 5) is 12.3. The number of carbonyl (C=O) groups is 1. The Kier molecular flexibility index (Phi) is 3.84. The van der Waals surface area contributed by atoms with Gasteiger partial charge in [-0.2, -0.15) is 0 Å². The summed E-state index contributed by atoms with van der Waals surface area (Å²) in [5.41, 5.74) is 1.07. The van der Waals surface area contributed by atoms with Gasteiger partial charge in [0.25, 0.3) is 0 Å². The molecule has 0 fully saturated rings. The summed E-state index contributed by atoms with van der Waals surface area (Å²) < 4.78 is 2.73. The zero-order chi connectivity index (χ0) is 14.5. The zero-order valence-corrected chi connectivity index (χ0v) is 15.3. The maximum atomic E-state index is 12.3. The second kappa shape index (κ2) is 4.75. The van der Waals surface area contributed by atoms with Crippen molar-refractivity contribution in [1.82, 2.24) is 0 Å². The molecule has 1 aliphatic heterocycles. The van der Waals surface area contributed by atoms with Crippen molar-refractivity contribution in [1.29, 1.82) is 0 Å². The van der Waals surface area contributed by atoms with Crippen molar-refractivity contribution in [2.75, 3.05) is 5.32 Å². The number of para-hydroxylation sites is 1. The number of nitrogens with one attached hydrogen (secondary N) is 1. The van der Waals surface area contributed by atoms with Crippen LogP contribution in [0.5, 0.6) is 0 Å². The van der Waals surface area contributed by atoms with E-state index in [4.69, 9.17) is 0 Å².